The van der Waals surface area contributed by atoms with Gasteiger partial charge in [0.1, 0.15) is 0 Å². The molecular formula is C12H9ClN2O2. The summed E-state index contributed by atoms with van der Waals surface area (Å²) in [7, 11) is 1.31. The number of methoxy groups -OCH3 is 1. The van der Waals surface area contributed by atoms with Crippen molar-refractivity contribution in [3.63, 3.8) is 0 Å². The van der Waals surface area contributed by atoms with Crippen molar-refractivity contribution < 1.29 is 9.53 Å². The van der Waals surface area contributed by atoms with Crippen LogP contribution in [-0.4, -0.2) is 23.0 Å². The third-order valence-corrected chi connectivity index (χ3v) is 2.41. The Morgan fingerprint density at radius 2 is 2.24 bits per heavy atom. The molecule has 0 aliphatic carbocycles. The quantitative estimate of drug-likeness (QED) is 0.767. The molecule has 0 spiro atoms. The number of esters is 1. The normalized spacial score (nSPS) is 10.0. The van der Waals surface area contributed by atoms with Crippen LogP contribution in [0.4, 0.5) is 0 Å². The molecule has 0 saturated carbocycles. The molecule has 2 aromatic heterocycles. The van der Waals surface area contributed by atoms with Crippen LogP contribution in [0.3, 0.4) is 0 Å². The van der Waals surface area contributed by atoms with Gasteiger partial charge in [0.2, 0.25) is 0 Å². The fourth-order valence-corrected chi connectivity index (χ4v) is 1.60. The molecule has 0 aliphatic rings. The second-order valence-electron chi connectivity index (χ2n) is 3.28. The van der Waals surface area contributed by atoms with Gasteiger partial charge in [0.25, 0.3) is 0 Å². The number of pyridine rings is 2. The van der Waals surface area contributed by atoms with E-state index in [0.717, 1.165) is 5.56 Å². The molecule has 86 valence electrons. The molecule has 0 atom stereocenters. The predicted molar refractivity (Wildman–Crippen MR) is 63.8 cm³/mol. The largest absolute Gasteiger partial charge is 0.464 e. The number of hydrogen-bond donors (Lipinski definition) is 0. The van der Waals surface area contributed by atoms with Crippen LogP contribution in [0.2, 0.25) is 5.02 Å². The number of halogens is 1. The van der Waals surface area contributed by atoms with Gasteiger partial charge in [-0.1, -0.05) is 17.7 Å². The van der Waals surface area contributed by atoms with E-state index in [2.05, 4.69) is 14.7 Å². The van der Waals surface area contributed by atoms with E-state index in [-0.39, 0.29) is 5.69 Å². The second kappa shape index (κ2) is 4.93. The van der Waals surface area contributed by atoms with Crippen LogP contribution >= 0.6 is 11.6 Å². The zero-order valence-electron chi connectivity index (χ0n) is 9.05. The highest BCUT2D eigenvalue weighted by atomic mass is 35.5. The number of hydrogen-bond acceptors (Lipinski definition) is 4. The first-order valence-corrected chi connectivity index (χ1v) is 5.24. The molecule has 0 aromatic carbocycles. The summed E-state index contributed by atoms with van der Waals surface area (Å²) in [4.78, 5) is 19.6. The summed E-state index contributed by atoms with van der Waals surface area (Å²) in [5.74, 6) is -0.500. The molecule has 0 fully saturated rings. The summed E-state index contributed by atoms with van der Waals surface area (Å²) < 4.78 is 4.67. The van der Waals surface area contributed by atoms with Gasteiger partial charge in [-0.15, -0.1) is 0 Å². The Kier molecular flexibility index (Phi) is 3.35. The minimum atomic E-state index is -0.500. The Balaban J connectivity index is 2.59. The Morgan fingerprint density at radius 3 is 2.88 bits per heavy atom. The van der Waals surface area contributed by atoms with Gasteiger partial charge in [0.15, 0.2) is 5.69 Å². The maximum atomic E-state index is 11.6. The summed E-state index contributed by atoms with van der Waals surface area (Å²) in [5.41, 5.74) is 1.60. The van der Waals surface area contributed by atoms with E-state index in [9.17, 15) is 4.79 Å². The lowest BCUT2D eigenvalue weighted by Crippen LogP contribution is -2.06. The zero-order chi connectivity index (χ0) is 12.3. The molecule has 0 amide bonds. The molecule has 0 bridgehead atoms. The van der Waals surface area contributed by atoms with Gasteiger partial charge in [0, 0.05) is 29.7 Å². The maximum absolute atomic E-state index is 11.6. The third kappa shape index (κ3) is 2.42. The molecule has 2 heterocycles. The van der Waals surface area contributed by atoms with E-state index in [1.165, 1.54) is 13.3 Å². The average molecular weight is 249 g/mol. The van der Waals surface area contributed by atoms with Gasteiger partial charge in [-0.25, -0.2) is 9.78 Å². The van der Waals surface area contributed by atoms with Crippen LogP contribution in [0.5, 0.6) is 0 Å². The van der Waals surface area contributed by atoms with Crippen LogP contribution < -0.4 is 0 Å². The number of aromatic nitrogens is 2. The van der Waals surface area contributed by atoms with Gasteiger partial charge in [-0.05, 0) is 12.1 Å². The summed E-state index contributed by atoms with van der Waals surface area (Å²) >= 11 is 5.88. The first kappa shape index (κ1) is 11.5. The molecular weight excluding hydrogens is 240 g/mol. The zero-order valence-corrected chi connectivity index (χ0v) is 9.81. The van der Waals surface area contributed by atoms with Gasteiger partial charge in [-0.2, -0.15) is 0 Å². The molecule has 0 saturated heterocycles. The first-order chi connectivity index (χ1) is 8.22. The number of carbonyl (C=O) groups is 1. The van der Waals surface area contributed by atoms with Gasteiger partial charge < -0.3 is 4.74 Å². The number of ether oxygens (including phenoxy) is 1. The van der Waals surface area contributed by atoms with Crippen LogP contribution in [0.15, 0.2) is 36.8 Å². The smallest absolute Gasteiger partial charge is 0.357 e. The lowest BCUT2D eigenvalue weighted by atomic mass is 10.1. The Bertz CT molecular complexity index is 543. The molecule has 0 radical (unpaired) electrons. The van der Waals surface area contributed by atoms with Crippen molar-refractivity contribution in [3.8, 4) is 11.1 Å². The van der Waals surface area contributed by atoms with Crippen molar-refractivity contribution in [2.75, 3.05) is 7.11 Å². The van der Waals surface area contributed by atoms with Crippen LogP contribution in [0.25, 0.3) is 11.1 Å². The van der Waals surface area contributed by atoms with Crippen molar-refractivity contribution in [2.24, 2.45) is 0 Å². The summed E-state index contributed by atoms with van der Waals surface area (Å²) in [6.45, 7) is 0. The molecule has 0 N–H and O–H groups in total. The fraction of sp³-hybridized carbons (Fsp3) is 0.0833. The minimum absolute atomic E-state index is 0.227. The lowest BCUT2D eigenvalue weighted by molar-refractivity contribution is 0.0595. The van der Waals surface area contributed by atoms with Crippen LogP contribution in [0.1, 0.15) is 10.5 Å². The van der Waals surface area contributed by atoms with Gasteiger partial charge >= 0.3 is 5.97 Å². The Morgan fingerprint density at radius 1 is 1.41 bits per heavy atom. The van der Waals surface area contributed by atoms with Crippen molar-refractivity contribution in [1.29, 1.82) is 0 Å². The van der Waals surface area contributed by atoms with E-state index in [1.54, 1.807) is 24.5 Å². The monoisotopic (exact) mass is 248 g/mol. The highest BCUT2D eigenvalue weighted by Gasteiger charge is 2.15. The topological polar surface area (TPSA) is 52.1 Å². The number of rotatable bonds is 2. The molecule has 17 heavy (non-hydrogen) atoms. The van der Waals surface area contributed by atoms with E-state index in [1.807, 2.05) is 6.07 Å². The van der Waals surface area contributed by atoms with Crippen molar-refractivity contribution in [1.82, 2.24) is 9.97 Å². The predicted octanol–water partition coefficient (Wildman–Crippen LogP) is 2.58. The van der Waals surface area contributed by atoms with E-state index >= 15 is 0 Å². The average Bonchev–Trinajstić information content (AvgIpc) is 2.39. The Hall–Kier alpha value is -1.94. The lowest BCUT2D eigenvalue weighted by Gasteiger charge is -2.06. The summed E-state index contributed by atoms with van der Waals surface area (Å²) in [6.07, 6.45) is 4.70. The molecule has 5 heteroatoms. The highest BCUT2D eigenvalue weighted by Crippen LogP contribution is 2.25. The van der Waals surface area contributed by atoms with Gasteiger partial charge in [0.05, 0.1) is 12.1 Å². The highest BCUT2D eigenvalue weighted by molar-refractivity contribution is 6.30. The molecule has 2 rings (SSSR count). The van der Waals surface area contributed by atoms with E-state index in [0.29, 0.717) is 10.6 Å². The molecule has 0 unspecified atom stereocenters. The van der Waals surface area contributed by atoms with Crippen molar-refractivity contribution in [3.05, 3.63) is 47.5 Å². The second-order valence-corrected chi connectivity index (χ2v) is 3.72. The van der Waals surface area contributed by atoms with E-state index in [4.69, 9.17) is 11.6 Å². The first-order valence-electron chi connectivity index (χ1n) is 4.86. The standard InChI is InChI=1S/C12H9ClN2O2/c1-17-12(16)11-10(5-9(13)7-15-11)8-3-2-4-14-6-8/h2-7H,1H3. The molecule has 0 aliphatic heterocycles. The number of carbonyl (C=O) groups excluding carboxylic acids is 1. The maximum Gasteiger partial charge on any atom is 0.357 e. The SMILES string of the molecule is COC(=O)c1ncc(Cl)cc1-c1cccnc1. The van der Waals surface area contributed by atoms with Crippen molar-refractivity contribution >= 4 is 17.6 Å². The number of nitrogens with zero attached hydrogens (tertiary/aromatic N) is 2. The van der Waals surface area contributed by atoms with Crippen LogP contribution in [-0.2, 0) is 4.74 Å². The summed E-state index contributed by atoms with van der Waals surface area (Å²) in [6, 6.07) is 5.27. The van der Waals surface area contributed by atoms with Crippen molar-refractivity contribution in [2.45, 2.75) is 0 Å². The molecule has 4 nitrogen and oxygen atoms in total. The fourth-order valence-electron chi connectivity index (χ4n) is 1.44. The van der Waals surface area contributed by atoms with Crippen LogP contribution in [0, 0.1) is 0 Å². The molecule has 2 aromatic rings. The minimum Gasteiger partial charge on any atom is -0.464 e. The Labute approximate surface area is 103 Å². The summed E-state index contributed by atoms with van der Waals surface area (Å²) in [5, 5.41) is 0.455. The van der Waals surface area contributed by atoms with Gasteiger partial charge in [-0.3, -0.25) is 4.98 Å². The third-order valence-electron chi connectivity index (χ3n) is 2.21. The van der Waals surface area contributed by atoms with E-state index < -0.39 is 5.97 Å².